The average molecular weight is 153 g/mol. The summed E-state index contributed by atoms with van der Waals surface area (Å²) in [6.45, 7) is 3.47. The monoisotopic (exact) mass is 153 g/mol. The van der Waals surface area contributed by atoms with Gasteiger partial charge in [-0.05, 0) is 13.3 Å². The highest BCUT2D eigenvalue weighted by molar-refractivity contribution is 4.92. The zero-order chi connectivity index (χ0) is 7.84. The van der Waals surface area contributed by atoms with Gasteiger partial charge in [0.05, 0.1) is 0 Å². The van der Waals surface area contributed by atoms with E-state index < -0.39 is 0 Å². The molecule has 0 saturated heterocycles. The minimum absolute atomic E-state index is 0.0556. The van der Waals surface area contributed by atoms with Crippen molar-refractivity contribution in [2.45, 2.75) is 32.9 Å². The van der Waals surface area contributed by atoms with Crippen molar-refractivity contribution in [1.29, 1.82) is 0 Å². The molecule has 0 aromatic carbocycles. The van der Waals surface area contributed by atoms with Gasteiger partial charge in [0.15, 0.2) is 0 Å². The van der Waals surface area contributed by atoms with E-state index in [9.17, 15) is 4.79 Å². The van der Waals surface area contributed by atoms with Crippen molar-refractivity contribution in [2.24, 2.45) is 0 Å². The van der Waals surface area contributed by atoms with Crippen LogP contribution in [0.3, 0.4) is 0 Å². The van der Waals surface area contributed by atoms with Gasteiger partial charge in [0.2, 0.25) is 0 Å². The van der Waals surface area contributed by atoms with Gasteiger partial charge in [0.1, 0.15) is 5.82 Å². The van der Waals surface area contributed by atoms with Crippen LogP contribution in [0.15, 0.2) is 4.79 Å². The first-order valence-electron chi connectivity index (χ1n) is 3.99. The Morgan fingerprint density at radius 3 is 3.09 bits per heavy atom. The molecule has 0 amide bonds. The number of aryl methyl sites for hydroxylation is 2. The van der Waals surface area contributed by atoms with Crippen LogP contribution in [0, 0.1) is 0 Å². The lowest BCUT2D eigenvalue weighted by Gasteiger charge is -1.90. The molecular formula is C7H11N3O. The molecule has 4 nitrogen and oxygen atoms in total. The van der Waals surface area contributed by atoms with E-state index in [1.165, 1.54) is 4.68 Å². The van der Waals surface area contributed by atoms with E-state index in [1.54, 1.807) is 4.57 Å². The summed E-state index contributed by atoms with van der Waals surface area (Å²) < 4.78 is 3.29. The number of rotatable bonds is 1. The third kappa shape index (κ3) is 0.818. The maximum atomic E-state index is 11.4. The van der Waals surface area contributed by atoms with Gasteiger partial charge in [-0.15, -0.1) is 0 Å². The first-order chi connectivity index (χ1) is 5.33. The van der Waals surface area contributed by atoms with Crippen molar-refractivity contribution < 1.29 is 0 Å². The number of hydrogen-bond donors (Lipinski definition) is 0. The van der Waals surface area contributed by atoms with Gasteiger partial charge in [-0.2, -0.15) is 5.10 Å². The van der Waals surface area contributed by atoms with Crippen LogP contribution in [0.1, 0.15) is 19.2 Å². The summed E-state index contributed by atoms with van der Waals surface area (Å²) in [5.41, 5.74) is 0.0556. The molecule has 0 spiro atoms. The van der Waals surface area contributed by atoms with E-state index in [-0.39, 0.29) is 5.69 Å². The second-order valence-electron chi connectivity index (χ2n) is 2.77. The zero-order valence-electron chi connectivity index (χ0n) is 6.58. The Morgan fingerprint density at radius 1 is 1.64 bits per heavy atom. The van der Waals surface area contributed by atoms with Crippen molar-refractivity contribution in [1.82, 2.24) is 14.3 Å². The minimum atomic E-state index is 0.0556. The third-order valence-electron chi connectivity index (χ3n) is 2.08. The van der Waals surface area contributed by atoms with E-state index in [4.69, 9.17) is 0 Å². The normalized spacial score (nSPS) is 15.4. The number of hydrogen-bond acceptors (Lipinski definition) is 2. The topological polar surface area (TPSA) is 39.8 Å². The molecule has 0 saturated carbocycles. The molecule has 60 valence electrons. The molecule has 1 aromatic rings. The van der Waals surface area contributed by atoms with Gasteiger partial charge in [0, 0.05) is 19.5 Å². The van der Waals surface area contributed by atoms with E-state index in [1.807, 2.05) is 6.92 Å². The highest BCUT2D eigenvalue weighted by Gasteiger charge is 2.16. The lowest BCUT2D eigenvalue weighted by atomic mass is 10.4. The third-order valence-corrected chi connectivity index (χ3v) is 2.08. The fourth-order valence-corrected chi connectivity index (χ4v) is 1.50. The minimum Gasteiger partial charge on any atom is -0.279 e. The average Bonchev–Trinajstić information content (AvgIpc) is 2.53. The molecule has 1 aromatic heterocycles. The van der Waals surface area contributed by atoms with Crippen LogP contribution >= 0.6 is 0 Å². The first kappa shape index (κ1) is 6.64. The van der Waals surface area contributed by atoms with Gasteiger partial charge >= 0.3 is 5.69 Å². The largest absolute Gasteiger partial charge is 0.345 e. The van der Waals surface area contributed by atoms with Gasteiger partial charge in [-0.3, -0.25) is 4.57 Å². The summed E-state index contributed by atoms with van der Waals surface area (Å²) in [6, 6.07) is 0. The fourth-order valence-electron chi connectivity index (χ4n) is 1.50. The molecule has 0 unspecified atom stereocenters. The van der Waals surface area contributed by atoms with Crippen LogP contribution < -0.4 is 5.69 Å². The molecule has 2 rings (SSSR count). The summed E-state index contributed by atoms with van der Waals surface area (Å²) in [6.07, 6.45) is 2.03. The number of fused-ring (bicyclic) bond motifs is 1. The van der Waals surface area contributed by atoms with Gasteiger partial charge in [0.25, 0.3) is 0 Å². The molecule has 0 fully saturated rings. The second kappa shape index (κ2) is 2.22. The van der Waals surface area contributed by atoms with Crippen LogP contribution in [-0.2, 0) is 19.5 Å². The van der Waals surface area contributed by atoms with Crippen LogP contribution in [0.25, 0.3) is 0 Å². The van der Waals surface area contributed by atoms with Crippen molar-refractivity contribution >= 4 is 0 Å². The molecule has 0 aliphatic carbocycles. The fraction of sp³-hybridized carbons (Fsp3) is 0.714. The Labute approximate surface area is 64.4 Å². The molecule has 0 radical (unpaired) electrons. The predicted molar refractivity (Wildman–Crippen MR) is 40.5 cm³/mol. The van der Waals surface area contributed by atoms with E-state index >= 15 is 0 Å². The van der Waals surface area contributed by atoms with Gasteiger partial charge in [-0.25, -0.2) is 9.48 Å². The van der Waals surface area contributed by atoms with E-state index in [2.05, 4.69) is 5.10 Å². The lowest BCUT2D eigenvalue weighted by Crippen LogP contribution is -2.23. The van der Waals surface area contributed by atoms with E-state index in [0.29, 0.717) is 6.54 Å². The number of nitrogens with zero attached hydrogens (tertiary/aromatic N) is 3. The first-order valence-corrected chi connectivity index (χ1v) is 3.99. The molecule has 1 aliphatic rings. The lowest BCUT2D eigenvalue weighted by molar-refractivity contribution is 0.593. The molecular weight excluding hydrogens is 142 g/mol. The van der Waals surface area contributed by atoms with E-state index in [0.717, 1.165) is 25.2 Å². The van der Waals surface area contributed by atoms with Crippen LogP contribution in [-0.4, -0.2) is 14.3 Å². The Hall–Kier alpha value is -1.06. The molecule has 0 atom stereocenters. The van der Waals surface area contributed by atoms with Crippen LogP contribution in [0.5, 0.6) is 0 Å². The summed E-state index contributed by atoms with van der Waals surface area (Å²) in [5.74, 6) is 0.955. The smallest absolute Gasteiger partial charge is 0.279 e. The van der Waals surface area contributed by atoms with Gasteiger partial charge in [-0.1, -0.05) is 0 Å². The molecule has 0 bridgehead atoms. The SMILES string of the molecule is CCn1nc2n(c1=O)CCC2. The van der Waals surface area contributed by atoms with Crippen molar-refractivity contribution in [3.05, 3.63) is 16.3 Å². The van der Waals surface area contributed by atoms with Crippen LogP contribution in [0.4, 0.5) is 0 Å². The van der Waals surface area contributed by atoms with Gasteiger partial charge < -0.3 is 0 Å². The summed E-state index contributed by atoms with van der Waals surface area (Å²) >= 11 is 0. The highest BCUT2D eigenvalue weighted by atomic mass is 16.2. The number of aromatic nitrogens is 3. The van der Waals surface area contributed by atoms with Crippen molar-refractivity contribution in [2.75, 3.05) is 0 Å². The zero-order valence-corrected chi connectivity index (χ0v) is 6.58. The Balaban J connectivity index is 2.58. The Kier molecular flexibility index (Phi) is 1.34. The molecule has 2 heterocycles. The summed E-state index contributed by atoms with van der Waals surface area (Å²) in [5, 5.41) is 4.18. The van der Waals surface area contributed by atoms with Crippen molar-refractivity contribution in [3.8, 4) is 0 Å². The Morgan fingerprint density at radius 2 is 2.45 bits per heavy atom. The Bertz CT molecular complexity index is 323. The molecule has 11 heavy (non-hydrogen) atoms. The maximum Gasteiger partial charge on any atom is 0.345 e. The molecule has 0 N–H and O–H groups in total. The molecule has 1 aliphatic heterocycles. The predicted octanol–water partition coefficient (Wildman–Crippen LogP) is 0.0109. The van der Waals surface area contributed by atoms with Crippen LogP contribution in [0.2, 0.25) is 0 Å². The quantitative estimate of drug-likeness (QED) is 0.570. The van der Waals surface area contributed by atoms with Crippen molar-refractivity contribution in [3.63, 3.8) is 0 Å². The molecule has 4 heteroatoms. The standard InChI is InChI=1S/C7H11N3O/c1-2-10-7(11)9-5-3-4-6(9)8-10/h2-5H2,1H3. The highest BCUT2D eigenvalue weighted by Crippen LogP contribution is 2.07. The summed E-state index contributed by atoms with van der Waals surface area (Å²) in [4.78, 5) is 11.4. The summed E-state index contributed by atoms with van der Waals surface area (Å²) in [7, 11) is 0. The second-order valence-corrected chi connectivity index (χ2v) is 2.77. The maximum absolute atomic E-state index is 11.4.